The minimum atomic E-state index is -0.528. The zero-order valence-corrected chi connectivity index (χ0v) is 13.1. The van der Waals surface area contributed by atoms with Crippen molar-refractivity contribution in [1.29, 1.82) is 0 Å². The van der Waals surface area contributed by atoms with Gasteiger partial charge >= 0.3 is 0 Å². The number of ether oxygens (including phenoxy) is 1. The lowest BCUT2D eigenvalue weighted by molar-refractivity contribution is -0.115. The molecule has 0 heterocycles. The Morgan fingerprint density at radius 2 is 1.90 bits per heavy atom. The number of benzene rings is 2. The van der Waals surface area contributed by atoms with E-state index in [1.54, 1.807) is 36.4 Å². The van der Waals surface area contributed by atoms with E-state index < -0.39 is 4.83 Å². The molecule has 0 bridgehead atoms. The smallest absolute Gasteiger partial charge is 0.238 e. The molecular weight excluding hydrogens is 337 g/mol. The van der Waals surface area contributed by atoms with E-state index in [2.05, 4.69) is 21.2 Å². The predicted molar refractivity (Wildman–Crippen MR) is 84.4 cm³/mol. The van der Waals surface area contributed by atoms with Crippen molar-refractivity contribution in [3.63, 3.8) is 0 Å². The molecule has 2 rings (SSSR count). The molecule has 0 saturated carbocycles. The summed E-state index contributed by atoms with van der Waals surface area (Å²) in [5.41, 5.74) is 1.08. The average Bonchev–Trinajstić information content (AvgIpc) is 2.50. The number of anilines is 1. The summed E-state index contributed by atoms with van der Waals surface area (Å²) in [5.74, 6) is 0.0197. The fourth-order valence-corrected chi connectivity index (χ4v) is 2.37. The predicted octanol–water partition coefficient (Wildman–Crippen LogP) is 3.78. The number of alkyl halides is 1. The van der Waals surface area contributed by atoms with Gasteiger partial charge in [-0.2, -0.15) is 0 Å². The van der Waals surface area contributed by atoms with Crippen molar-refractivity contribution in [3.05, 3.63) is 59.9 Å². The number of halogens is 2. The monoisotopic (exact) mass is 351 g/mol. The summed E-state index contributed by atoms with van der Waals surface area (Å²) in [6, 6.07) is 13.5. The highest BCUT2D eigenvalue weighted by atomic mass is 79.9. The topological polar surface area (TPSA) is 38.3 Å². The molecule has 1 unspecified atom stereocenters. The summed E-state index contributed by atoms with van der Waals surface area (Å²) in [5, 5.41) is 2.77. The third kappa shape index (κ3) is 4.04. The van der Waals surface area contributed by atoms with Gasteiger partial charge in [-0.25, -0.2) is 4.39 Å². The number of rotatable bonds is 5. The number of hydrogen-bond donors (Lipinski definition) is 1. The van der Waals surface area contributed by atoms with Gasteiger partial charge in [0.05, 0.1) is 17.6 Å². The highest BCUT2D eigenvalue weighted by molar-refractivity contribution is 9.10. The van der Waals surface area contributed by atoms with E-state index >= 15 is 0 Å². The maximum atomic E-state index is 13.6. The fraction of sp³-hybridized carbons (Fsp3) is 0.188. The van der Waals surface area contributed by atoms with Gasteiger partial charge in [0.15, 0.2) is 0 Å². The van der Waals surface area contributed by atoms with Crippen LogP contribution >= 0.6 is 15.9 Å². The Kier molecular flexibility index (Phi) is 5.33. The van der Waals surface area contributed by atoms with Gasteiger partial charge in [0.2, 0.25) is 5.91 Å². The van der Waals surface area contributed by atoms with Crippen molar-refractivity contribution in [3.8, 4) is 5.75 Å². The molecule has 1 N–H and O–H groups in total. The molecule has 5 heteroatoms. The molecule has 0 aliphatic rings. The first kappa shape index (κ1) is 15.5. The summed E-state index contributed by atoms with van der Waals surface area (Å²) in [4.78, 5) is 11.6. The lowest BCUT2D eigenvalue weighted by atomic mass is 10.1. The van der Waals surface area contributed by atoms with Crippen molar-refractivity contribution < 1.29 is 13.9 Å². The first-order chi connectivity index (χ1) is 10.1. The molecule has 21 heavy (non-hydrogen) atoms. The van der Waals surface area contributed by atoms with Crippen LogP contribution in [0.4, 0.5) is 10.1 Å². The number of carbonyl (C=O) groups excluding carboxylic acids is 1. The second kappa shape index (κ2) is 7.22. The first-order valence-electron chi connectivity index (χ1n) is 6.43. The molecule has 0 aromatic heterocycles. The Bertz CT molecular complexity index is 633. The van der Waals surface area contributed by atoms with Gasteiger partial charge in [-0.3, -0.25) is 4.79 Å². The molecule has 1 atom stereocenters. The van der Waals surface area contributed by atoms with Crippen LogP contribution in [0, 0.1) is 5.82 Å². The lowest BCUT2D eigenvalue weighted by Gasteiger charge is -2.13. The number of carbonyl (C=O) groups is 1. The van der Waals surface area contributed by atoms with Crippen LogP contribution in [-0.2, 0) is 11.2 Å². The number of para-hydroxylation sites is 2. The van der Waals surface area contributed by atoms with Gasteiger partial charge in [0.25, 0.3) is 0 Å². The molecule has 110 valence electrons. The molecule has 0 radical (unpaired) electrons. The first-order valence-corrected chi connectivity index (χ1v) is 7.34. The maximum absolute atomic E-state index is 13.6. The van der Waals surface area contributed by atoms with Gasteiger partial charge in [0, 0.05) is 0 Å². The van der Waals surface area contributed by atoms with Crippen LogP contribution in [0.25, 0.3) is 0 Å². The molecule has 2 aromatic rings. The molecule has 3 nitrogen and oxygen atoms in total. The summed E-state index contributed by atoms with van der Waals surface area (Å²) in [7, 11) is 1.54. The standard InChI is InChI=1S/C16H15BrFNO2/c1-21-15-9-5-4-8-14(15)19-16(20)12(17)10-11-6-2-3-7-13(11)18/h2-9,12H,10H2,1H3,(H,19,20). The SMILES string of the molecule is COc1ccccc1NC(=O)C(Br)Cc1ccccc1F. The second-order valence-electron chi connectivity index (χ2n) is 4.45. The molecule has 1 amide bonds. The molecular formula is C16H15BrFNO2. The molecule has 2 aromatic carbocycles. The fourth-order valence-electron chi connectivity index (χ4n) is 1.91. The van der Waals surface area contributed by atoms with Crippen LogP contribution in [0.15, 0.2) is 48.5 Å². The highest BCUT2D eigenvalue weighted by Crippen LogP contribution is 2.24. The van der Waals surface area contributed by atoms with Crippen LogP contribution < -0.4 is 10.1 Å². The molecule has 0 fully saturated rings. The van der Waals surface area contributed by atoms with Crippen molar-refractivity contribution >= 4 is 27.5 Å². The van der Waals surface area contributed by atoms with Gasteiger partial charge in [0.1, 0.15) is 11.6 Å². The van der Waals surface area contributed by atoms with E-state index in [-0.39, 0.29) is 18.1 Å². The van der Waals surface area contributed by atoms with Crippen LogP contribution in [0.2, 0.25) is 0 Å². The van der Waals surface area contributed by atoms with E-state index in [1.165, 1.54) is 13.2 Å². The van der Waals surface area contributed by atoms with Crippen molar-refractivity contribution in [2.45, 2.75) is 11.2 Å². The van der Waals surface area contributed by atoms with Crippen LogP contribution in [0.1, 0.15) is 5.56 Å². The summed E-state index contributed by atoms with van der Waals surface area (Å²) >= 11 is 3.30. The normalized spacial score (nSPS) is 11.8. The molecule has 0 aliphatic carbocycles. The zero-order valence-electron chi connectivity index (χ0n) is 11.5. The number of hydrogen-bond acceptors (Lipinski definition) is 2. The van der Waals surface area contributed by atoms with Crippen molar-refractivity contribution in [2.75, 3.05) is 12.4 Å². The van der Waals surface area contributed by atoms with Crippen molar-refractivity contribution in [1.82, 2.24) is 0 Å². The van der Waals surface area contributed by atoms with Crippen molar-refractivity contribution in [2.24, 2.45) is 0 Å². The minimum Gasteiger partial charge on any atom is -0.495 e. The Labute approximate surface area is 131 Å². The van der Waals surface area contributed by atoms with Crippen LogP contribution in [0.3, 0.4) is 0 Å². The highest BCUT2D eigenvalue weighted by Gasteiger charge is 2.18. The molecule has 0 spiro atoms. The average molecular weight is 352 g/mol. The summed E-state index contributed by atoms with van der Waals surface area (Å²) in [6.45, 7) is 0. The van der Waals surface area contributed by atoms with Crippen LogP contribution in [0.5, 0.6) is 5.75 Å². The summed E-state index contributed by atoms with van der Waals surface area (Å²) < 4.78 is 18.8. The Balaban J connectivity index is 2.05. The number of nitrogens with one attached hydrogen (secondary N) is 1. The van der Waals surface area contributed by atoms with Gasteiger partial charge in [-0.1, -0.05) is 46.3 Å². The Morgan fingerprint density at radius 3 is 2.62 bits per heavy atom. The third-order valence-electron chi connectivity index (χ3n) is 3.01. The second-order valence-corrected chi connectivity index (χ2v) is 5.56. The zero-order chi connectivity index (χ0) is 15.2. The van der Waals surface area contributed by atoms with E-state index in [9.17, 15) is 9.18 Å². The van der Waals surface area contributed by atoms with Gasteiger partial charge < -0.3 is 10.1 Å². The van der Waals surface area contributed by atoms with E-state index in [0.29, 0.717) is 17.0 Å². The number of amides is 1. The van der Waals surface area contributed by atoms with E-state index in [0.717, 1.165) is 0 Å². The Morgan fingerprint density at radius 1 is 1.24 bits per heavy atom. The van der Waals surface area contributed by atoms with E-state index in [1.807, 2.05) is 6.07 Å². The van der Waals surface area contributed by atoms with Gasteiger partial charge in [-0.05, 0) is 30.2 Å². The Hall–Kier alpha value is -1.88. The quantitative estimate of drug-likeness (QED) is 0.832. The van der Waals surface area contributed by atoms with Crippen LogP contribution in [-0.4, -0.2) is 17.8 Å². The molecule has 0 saturated heterocycles. The third-order valence-corrected chi connectivity index (χ3v) is 3.75. The lowest BCUT2D eigenvalue weighted by Crippen LogP contribution is -2.25. The maximum Gasteiger partial charge on any atom is 0.238 e. The largest absolute Gasteiger partial charge is 0.495 e. The van der Waals surface area contributed by atoms with Gasteiger partial charge in [-0.15, -0.1) is 0 Å². The number of methoxy groups -OCH3 is 1. The summed E-state index contributed by atoms with van der Waals surface area (Å²) in [6.07, 6.45) is 0.271. The minimum absolute atomic E-state index is 0.247. The molecule has 0 aliphatic heterocycles. The van der Waals surface area contributed by atoms with E-state index in [4.69, 9.17) is 4.74 Å².